The maximum Gasteiger partial charge on any atom is 0.211 e. The Kier molecular flexibility index (Phi) is 2.57. The molecule has 8 aliphatic rings. The molecule has 0 radical (unpaired) electrons. The van der Waals surface area contributed by atoms with Gasteiger partial charge in [-0.15, -0.1) is 0 Å². The van der Waals surface area contributed by atoms with Gasteiger partial charge < -0.3 is 24.8 Å². The number of carbonyl (C=O) groups excluding carboxylic acids is 1. The molecule has 0 aromatic heterocycles. The van der Waals surface area contributed by atoms with Crippen molar-refractivity contribution in [3.8, 4) is 0 Å². The third kappa shape index (κ3) is 1.19. The van der Waals surface area contributed by atoms with Crippen LogP contribution in [0.1, 0.15) is 39.5 Å². The number of ether oxygens (including phenoxy) is 2. The summed E-state index contributed by atoms with van der Waals surface area (Å²) in [6.45, 7) is 8.14. The summed E-state index contributed by atoms with van der Waals surface area (Å²) in [5, 5.41) is 34.3. The van der Waals surface area contributed by atoms with Crippen LogP contribution in [0.2, 0.25) is 0 Å². The van der Waals surface area contributed by atoms with Gasteiger partial charge in [-0.3, -0.25) is 4.79 Å². The fraction of sp³-hybridized carbons (Fsp3) is 0.850. The van der Waals surface area contributed by atoms with Crippen molar-refractivity contribution in [1.29, 1.82) is 0 Å². The van der Waals surface area contributed by atoms with Gasteiger partial charge in [0.2, 0.25) is 5.79 Å². The lowest BCUT2D eigenvalue weighted by molar-refractivity contribution is -0.556. The molecule has 4 aliphatic carbocycles. The molecule has 6 heteroatoms. The second kappa shape index (κ2) is 4.13. The molecule has 7 bridgehead atoms. The van der Waals surface area contributed by atoms with Crippen LogP contribution in [0.25, 0.3) is 0 Å². The number of carbonyl (C=O) groups is 1. The van der Waals surface area contributed by atoms with Crippen molar-refractivity contribution < 1.29 is 29.6 Å². The van der Waals surface area contributed by atoms with Crippen LogP contribution >= 0.6 is 0 Å². The van der Waals surface area contributed by atoms with E-state index >= 15 is 0 Å². The fourth-order valence-corrected chi connectivity index (χ4v) is 8.38. The molecule has 142 valence electrons. The van der Waals surface area contributed by atoms with Crippen LogP contribution < -0.4 is 0 Å². The molecule has 3 N–H and O–H groups in total. The molecule has 8 fully saturated rings. The summed E-state index contributed by atoms with van der Waals surface area (Å²) in [4.78, 5) is 13.4. The molecular weight excluding hydrogens is 336 g/mol. The van der Waals surface area contributed by atoms with E-state index in [2.05, 4.69) is 20.4 Å². The lowest BCUT2D eigenvalue weighted by Crippen LogP contribution is -2.91. The van der Waals surface area contributed by atoms with E-state index in [1.807, 2.05) is 0 Å². The average molecular weight is 362 g/mol. The van der Waals surface area contributed by atoms with E-state index in [4.69, 9.17) is 9.47 Å². The van der Waals surface area contributed by atoms with Crippen LogP contribution in [0, 0.1) is 34.0 Å². The van der Waals surface area contributed by atoms with Crippen LogP contribution in [-0.2, 0) is 14.3 Å². The SMILES string of the molecule is C=C1C(=O)[C@@]23C4OC5O[C@@]2(O)[C@@H](O)[C@@H]2C(C)(C)CCC(O)C52[C@H]3CC[C@@H]14. The maximum atomic E-state index is 13.4. The number of ketones is 1. The molecule has 2 spiro atoms. The van der Waals surface area contributed by atoms with Crippen LogP contribution in [0.15, 0.2) is 12.2 Å². The summed E-state index contributed by atoms with van der Waals surface area (Å²) in [5.74, 6) is -2.99. The summed E-state index contributed by atoms with van der Waals surface area (Å²) in [6.07, 6.45) is -0.473. The minimum Gasteiger partial charge on any atom is -0.392 e. The Hall–Kier alpha value is -0.790. The molecule has 4 aliphatic heterocycles. The average Bonchev–Trinajstić information content (AvgIpc) is 2.71. The molecule has 8 rings (SSSR count). The second-order valence-electron chi connectivity index (χ2n) is 10.1. The molecule has 4 unspecified atom stereocenters. The molecule has 0 amide bonds. The Morgan fingerprint density at radius 2 is 1.92 bits per heavy atom. The van der Waals surface area contributed by atoms with E-state index < -0.39 is 47.1 Å². The fourth-order valence-electron chi connectivity index (χ4n) is 8.38. The van der Waals surface area contributed by atoms with Gasteiger partial charge in [-0.1, -0.05) is 20.4 Å². The van der Waals surface area contributed by atoms with Gasteiger partial charge in [0.05, 0.1) is 17.6 Å². The van der Waals surface area contributed by atoms with Gasteiger partial charge in [0.15, 0.2) is 12.1 Å². The summed E-state index contributed by atoms with van der Waals surface area (Å²) < 4.78 is 12.3. The van der Waals surface area contributed by atoms with Crippen molar-refractivity contribution in [3.63, 3.8) is 0 Å². The lowest BCUT2D eigenvalue weighted by atomic mass is 9.34. The van der Waals surface area contributed by atoms with Crippen molar-refractivity contribution in [2.45, 2.75) is 69.9 Å². The molecule has 4 saturated heterocycles. The van der Waals surface area contributed by atoms with Gasteiger partial charge in [0.1, 0.15) is 11.5 Å². The predicted molar refractivity (Wildman–Crippen MR) is 88.4 cm³/mol. The van der Waals surface area contributed by atoms with Gasteiger partial charge in [0, 0.05) is 11.8 Å². The molecule has 10 atom stereocenters. The molecule has 6 nitrogen and oxygen atoms in total. The van der Waals surface area contributed by atoms with Gasteiger partial charge >= 0.3 is 0 Å². The second-order valence-corrected chi connectivity index (χ2v) is 10.1. The molecular formula is C20H26O6. The minimum atomic E-state index is -1.97. The number of hydrogen-bond acceptors (Lipinski definition) is 6. The first-order chi connectivity index (χ1) is 12.1. The molecule has 0 aromatic rings. The van der Waals surface area contributed by atoms with E-state index in [0.29, 0.717) is 18.4 Å². The first-order valence-electron chi connectivity index (χ1n) is 9.80. The Morgan fingerprint density at radius 1 is 1.19 bits per heavy atom. The van der Waals surface area contributed by atoms with E-state index in [9.17, 15) is 20.1 Å². The standard InChI is InChI=1S/C20H26O6/c1-8-9-4-5-10-18-11(21)6-7-17(2,3)12(18)14(23)20(24)19(10,13(8)22)15(9)25-16(18)26-20/h9-12,14-16,21,23-24H,1,4-7H2,2-3H3/t9-,10+,11?,12+,14-,15?,16?,18?,19-,20-/m0/s1. The normalized spacial score (nSPS) is 64.0. The molecule has 26 heavy (non-hydrogen) atoms. The highest BCUT2D eigenvalue weighted by atomic mass is 16.8. The Bertz CT molecular complexity index is 761. The molecule has 0 aromatic carbocycles. The Balaban J connectivity index is 1.70. The number of hydrogen-bond donors (Lipinski definition) is 3. The van der Waals surface area contributed by atoms with Gasteiger partial charge in [0.25, 0.3) is 0 Å². The van der Waals surface area contributed by atoms with E-state index in [1.165, 1.54) is 0 Å². The predicted octanol–water partition coefficient (Wildman–Crippen LogP) is 0.740. The van der Waals surface area contributed by atoms with Gasteiger partial charge in [-0.2, -0.15) is 0 Å². The van der Waals surface area contributed by atoms with Crippen molar-refractivity contribution in [3.05, 3.63) is 12.2 Å². The summed E-state index contributed by atoms with van der Waals surface area (Å²) in [6, 6.07) is 0. The van der Waals surface area contributed by atoms with Crippen LogP contribution in [-0.4, -0.2) is 51.5 Å². The zero-order chi connectivity index (χ0) is 18.4. The topological polar surface area (TPSA) is 96.2 Å². The summed E-state index contributed by atoms with van der Waals surface area (Å²) >= 11 is 0. The van der Waals surface area contributed by atoms with Gasteiger partial charge in [-0.05, 0) is 42.6 Å². The monoisotopic (exact) mass is 362 g/mol. The van der Waals surface area contributed by atoms with Crippen molar-refractivity contribution in [2.75, 3.05) is 0 Å². The van der Waals surface area contributed by atoms with Crippen LogP contribution in [0.4, 0.5) is 0 Å². The maximum absolute atomic E-state index is 13.4. The zero-order valence-corrected chi connectivity index (χ0v) is 15.1. The van der Waals surface area contributed by atoms with Crippen molar-refractivity contribution >= 4 is 5.78 Å². The number of aliphatic hydroxyl groups excluding tert-OH is 2. The van der Waals surface area contributed by atoms with Gasteiger partial charge in [-0.25, -0.2) is 0 Å². The highest BCUT2D eigenvalue weighted by Crippen LogP contribution is 2.81. The van der Waals surface area contributed by atoms with Crippen LogP contribution in [0.5, 0.6) is 0 Å². The van der Waals surface area contributed by atoms with Crippen molar-refractivity contribution in [2.24, 2.45) is 34.0 Å². The molecule has 4 saturated carbocycles. The summed E-state index contributed by atoms with van der Waals surface area (Å²) in [5.41, 5.74) is -2.03. The first kappa shape index (κ1) is 16.2. The largest absolute Gasteiger partial charge is 0.392 e. The zero-order valence-electron chi connectivity index (χ0n) is 15.1. The minimum absolute atomic E-state index is 0.133. The van der Waals surface area contributed by atoms with Crippen LogP contribution in [0.3, 0.4) is 0 Å². The van der Waals surface area contributed by atoms with E-state index in [-0.39, 0.29) is 23.0 Å². The highest BCUT2D eigenvalue weighted by molar-refractivity contribution is 6.05. The number of rotatable bonds is 0. The quantitative estimate of drug-likeness (QED) is 0.550. The first-order valence-corrected chi connectivity index (χ1v) is 9.80. The molecule has 4 heterocycles. The Labute approximate surface area is 152 Å². The lowest BCUT2D eigenvalue weighted by Gasteiger charge is -2.79. The smallest absolute Gasteiger partial charge is 0.211 e. The number of Topliss-reactive ketones (excluding diaryl/α,β-unsaturated/α-hetero) is 1. The Morgan fingerprint density at radius 3 is 2.65 bits per heavy atom. The van der Waals surface area contributed by atoms with E-state index in [0.717, 1.165) is 12.8 Å². The van der Waals surface area contributed by atoms with E-state index in [1.54, 1.807) is 0 Å². The highest BCUT2D eigenvalue weighted by Gasteiger charge is 2.92. The third-order valence-corrected chi connectivity index (χ3v) is 9.14. The van der Waals surface area contributed by atoms with Crippen molar-refractivity contribution in [1.82, 2.24) is 0 Å². The summed E-state index contributed by atoms with van der Waals surface area (Å²) in [7, 11) is 0. The third-order valence-electron chi connectivity index (χ3n) is 9.14. The number of aliphatic hydroxyl groups is 3.